The van der Waals surface area contributed by atoms with E-state index in [0.29, 0.717) is 18.5 Å². The molecule has 1 saturated carbocycles. The van der Waals surface area contributed by atoms with Crippen molar-refractivity contribution in [3.05, 3.63) is 11.8 Å². The Morgan fingerprint density at radius 1 is 1.19 bits per heavy atom. The maximum Gasteiger partial charge on any atom is 0.320 e. The molecule has 0 aromatic carbocycles. The predicted octanol–water partition coefficient (Wildman–Crippen LogP) is 3.00. The van der Waals surface area contributed by atoms with Gasteiger partial charge in [0.25, 0.3) is 0 Å². The van der Waals surface area contributed by atoms with Crippen LogP contribution in [0, 0.1) is 6.92 Å². The molecule has 118 valence electrons. The van der Waals surface area contributed by atoms with E-state index in [2.05, 4.69) is 9.97 Å². The van der Waals surface area contributed by atoms with Gasteiger partial charge < -0.3 is 15.2 Å². The number of rotatable bonds is 5. The highest BCUT2D eigenvalue weighted by Crippen LogP contribution is 2.25. The molecule has 1 fully saturated rings. The fraction of sp³-hybridized carbons (Fsp3) is 0.750. The quantitative estimate of drug-likeness (QED) is 0.845. The number of hydrogen-bond donors (Lipinski definition) is 1. The molecule has 1 aromatic rings. The Kier molecular flexibility index (Phi) is 5.39. The smallest absolute Gasteiger partial charge is 0.320 e. The topological polar surface area (TPSA) is 70.3 Å². The molecule has 1 aliphatic rings. The lowest BCUT2D eigenvalue weighted by Crippen LogP contribution is -2.45. The van der Waals surface area contributed by atoms with Gasteiger partial charge in [0.2, 0.25) is 5.88 Å². The van der Waals surface area contributed by atoms with Gasteiger partial charge in [-0.3, -0.25) is 0 Å². The van der Waals surface area contributed by atoms with Crippen LogP contribution in [0.4, 0.5) is 0 Å². The minimum absolute atomic E-state index is 0.0786. The third-order valence-corrected chi connectivity index (χ3v) is 3.75. The minimum atomic E-state index is -0.247. The third-order valence-electron chi connectivity index (χ3n) is 3.75. The molecular formula is C16H27N3O2. The summed E-state index contributed by atoms with van der Waals surface area (Å²) in [5, 5.41) is 0. The summed E-state index contributed by atoms with van der Waals surface area (Å²) in [5.74, 6) is 0.555. The normalized spacial score (nSPS) is 18.3. The lowest BCUT2D eigenvalue weighted by atomic mass is 9.93. The molecule has 0 amide bonds. The molecule has 21 heavy (non-hydrogen) atoms. The number of nitrogens with two attached hydrogens (primary N) is 1. The molecule has 2 rings (SSSR count). The monoisotopic (exact) mass is 293 g/mol. The highest BCUT2D eigenvalue weighted by molar-refractivity contribution is 5.18. The molecule has 0 bridgehead atoms. The van der Waals surface area contributed by atoms with Crippen LogP contribution in [0.5, 0.6) is 11.9 Å². The van der Waals surface area contributed by atoms with E-state index in [1.54, 1.807) is 0 Å². The zero-order valence-electron chi connectivity index (χ0n) is 13.4. The van der Waals surface area contributed by atoms with E-state index >= 15 is 0 Å². The van der Waals surface area contributed by atoms with Crippen LogP contribution in [0.15, 0.2) is 6.07 Å². The summed E-state index contributed by atoms with van der Waals surface area (Å²) in [4.78, 5) is 8.61. The molecule has 0 saturated heterocycles. The number of nitrogens with zero attached hydrogens (tertiary/aromatic N) is 2. The Balaban J connectivity index is 2.00. The summed E-state index contributed by atoms with van der Waals surface area (Å²) in [7, 11) is 0. The first-order valence-electron chi connectivity index (χ1n) is 7.91. The Morgan fingerprint density at radius 2 is 1.86 bits per heavy atom. The van der Waals surface area contributed by atoms with Crippen LogP contribution in [0.1, 0.15) is 58.1 Å². The molecule has 5 nitrogen and oxygen atoms in total. The molecule has 0 unspecified atom stereocenters. The Bertz CT molecular complexity index is 455. The Labute approximate surface area is 127 Å². The van der Waals surface area contributed by atoms with Crippen molar-refractivity contribution in [2.24, 2.45) is 5.73 Å². The van der Waals surface area contributed by atoms with Crippen LogP contribution in [-0.2, 0) is 0 Å². The first kappa shape index (κ1) is 16.0. The number of aromatic nitrogens is 2. The van der Waals surface area contributed by atoms with Crippen LogP contribution in [0.2, 0.25) is 0 Å². The van der Waals surface area contributed by atoms with E-state index in [4.69, 9.17) is 15.2 Å². The average molecular weight is 293 g/mol. The van der Waals surface area contributed by atoms with Gasteiger partial charge in [0.1, 0.15) is 6.61 Å². The van der Waals surface area contributed by atoms with Crippen LogP contribution in [0.25, 0.3) is 0 Å². The van der Waals surface area contributed by atoms with Gasteiger partial charge in [-0.05, 0) is 33.6 Å². The highest BCUT2D eigenvalue weighted by Gasteiger charge is 2.27. The van der Waals surface area contributed by atoms with Gasteiger partial charge in [-0.1, -0.05) is 25.7 Å². The summed E-state index contributed by atoms with van der Waals surface area (Å²) in [6.07, 6.45) is 6.99. The second-order valence-corrected chi connectivity index (χ2v) is 6.36. The number of hydrogen-bond acceptors (Lipinski definition) is 5. The highest BCUT2D eigenvalue weighted by atomic mass is 16.5. The van der Waals surface area contributed by atoms with Crippen molar-refractivity contribution < 1.29 is 9.47 Å². The van der Waals surface area contributed by atoms with E-state index in [9.17, 15) is 0 Å². The molecule has 1 aliphatic carbocycles. The lowest BCUT2D eigenvalue weighted by Gasteiger charge is -2.27. The molecule has 5 heteroatoms. The minimum Gasteiger partial charge on any atom is -0.475 e. The van der Waals surface area contributed by atoms with Crippen LogP contribution in [-0.4, -0.2) is 28.2 Å². The molecule has 0 spiro atoms. The van der Waals surface area contributed by atoms with Crippen molar-refractivity contribution in [3.63, 3.8) is 0 Å². The van der Waals surface area contributed by atoms with Gasteiger partial charge in [-0.2, -0.15) is 4.98 Å². The van der Waals surface area contributed by atoms with Crippen molar-refractivity contribution in [2.75, 3.05) is 6.61 Å². The standard InChI is InChI=1S/C16H27N3O2/c1-12(2)21-14-10-13(3)18-15(19-14)20-11-16(17)8-6-4-5-7-9-16/h10,12H,4-9,11,17H2,1-3H3. The first-order valence-corrected chi connectivity index (χ1v) is 7.91. The fourth-order valence-corrected chi connectivity index (χ4v) is 2.67. The van der Waals surface area contributed by atoms with Gasteiger partial charge in [-0.25, -0.2) is 4.98 Å². The summed E-state index contributed by atoms with van der Waals surface area (Å²) in [6.45, 7) is 6.32. The van der Waals surface area contributed by atoms with E-state index < -0.39 is 0 Å². The van der Waals surface area contributed by atoms with Crippen molar-refractivity contribution in [1.82, 2.24) is 9.97 Å². The van der Waals surface area contributed by atoms with Crippen molar-refractivity contribution in [3.8, 4) is 11.9 Å². The largest absolute Gasteiger partial charge is 0.475 e. The van der Waals surface area contributed by atoms with Crippen molar-refractivity contribution in [1.29, 1.82) is 0 Å². The summed E-state index contributed by atoms with van der Waals surface area (Å²) >= 11 is 0. The molecule has 1 heterocycles. The first-order chi connectivity index (χ1) is 9.97. The average Bonchev–Trinajstić information content (AvgIpc) is 2.61. The van der Waals surface area contributed by atoms with E-state index in [0.717, 1.165) is 18.5 Å². The molecule has 0 atom stereocenters. The molecule has 0 aliphatic heterocycles. The van der Waals surface area contributed by atoms with Crippen molar-refractivity contribution in [2.45, 2.75) is 70.9 Å². The van der Waals surface area contributed by atoms with Gasteiger partial charge in [0.15, 0.2) is 0 Å². The van der Waals surface area contributed by atoms with E-state index in [1.807, 2.05) is 26.8 Å². The molecular weight excluding hydrogens is 266 g/mol. The maximum atomic E-state index is 6.45. The second kappa shape index (κ2) is 7.07. The van der Waals surface area contributed by atoms with Crippen molar-refractivity contribution >= 4 is 0 Å². The van der Waals surface area contributed by atoms with E-state index in [-0.39, 0.29) is 11.6 Å². The summed E-state index contributed by atoms with van der Waals surface area (Å²) < 4.78 is 11.4. The zero-order valence-corrected chi connectivity index (χ0v) is 13.4. The number of ether oxygens (including phenoxy) is 2. The summed E-state index contributed by atoms with van der Waals surface area (Å²) in [6, 6.07) is 2.18. The van der Waals surface area contributed by atoms with Crippen LogP contribution >= 0.6 is 0 Å². The Hall–Kier alpha value is -1.36. The number of aryl methyl sites for hydroxylation is 1. The van der Waals surface area contributed by atoms with Crippen LogP contribution in [0.3, 0.4) is 0 Å². The predicted molar refractivity (Wildman–Crippen MR) is 82.6 cm³/mol. The van der Waals surface area contributed by atoms with Crippen LogP contribution < -0.4 is 15.2 Å². The molecule has 0 radical (unpaired) electrons. The fourth-order valence-electron chi connectivity index (χ4n) is 2.67. The van der Waals surface area contributed by atoms with Gasteiger partial charge in [-0.15, -0.1) is 0 Å². The second-order valence-electron chi connectivity index (χ2n) is 6.36. The van der Waals surface area contributed by atoms with Gasteiger partial charge >= 0.3 is 6.01 Å². The third kappa shape index (κ3) is 5.16. The Morgan fingerprint density at radius 3 is 2.48 bits per heavy atom. The maximum absolute atomic E-state index is 6.45. The van der Waals surface area contributed by atoms with Gasteiger partial charge in [0.05, 0.1) is 11.6 Å². The molecule has 2 N–H and O–H groups in total. The zero-order chi connectivity index (χ0) is 15.3. The van der Waals surface area contributed by atoms with Gasteiger partial charge in [0, 0.05) is 11.8 Å². The van der Waals surface area contributed by atoms with E-state index in [1.165, 1.54) is 25.7 Å². The summed E-state index contributed by atoms with van der Waals surface area (Å²) in [5.41, 5.74) is 7.04. The lowest BCUT2D eigenvalue weighted by molar-refractivity contribution is 0.180. The SMILES string of the molecule is Cc1cc(OC(C)C)nc(OCC2(N)CCCCCC2)n1. The molecule has 1 aromatic heterocycles.